The normalized spacial score (nSPS) is 8.88. The van der Waals surface area contributed by atoms with E-state index in [0.29, 0.717) is 22.4 Å². The molecule has 0 amide bonds. The molecule has 0 bridgehead atoms. The van der Waals surface area contributed by atoms with E-state index in [4.69, 9.17) is 11.6 Å². The molecule has 0 atom stereocenters. The number of rotatable bonds is 2. The summed E-state index contributed by atoms with van der Waals surface area (Å²) < 4.78 is 4.43. The van der Waals surface area contributed by atoms with Gasteiger partial charge in [0.2, 0.25) is 0 Å². The molecular formula is C12H9ClO3. The average Bonchev–Trinajstić information content (AvgIpc) is 2.29. The van der Waals surface area contributed by atoms with Gasteiger partial charge in [-0.05, 0) is 18.2 Å². The summed E-state index contributed by atoms with van der Waals surface area (Å²) in [5.41, 5.74) is 1.07. The van der Waals surface area contributed by atoms with Crippen LogP contribution in [0.15, 0.2) is 18.2 Å². The van der Waals surface area contributed by atoms with E-state index >= 15 is 0 Å². The number of methoxy groups -OCH3 is 1. The van der Waals surface area contributed by atoms with Gasteiger partial charge in [0.15, 0.2) is 6.29 Å². The van der Waals surface area contributed by atoms with Crippen LogP contribution in [0.1, 0.15) is 22.3 Å². The molecule has 0 aliphatic heterocycles. The van der Waals surface area contributed by atoms with Crippen molar-refractivity contribution in [2.45, 2.75) is 6.42 Å². The zero-order valence-corrected chi connectivity index (χ0v) is 9.38. The summed E-state index contributed by atoms with van der Waals surface area (Å²) in [5, 5.41) is 0.347. The molecule has 0 saturated carbocycles. The highest BCUT2D eigenvalue weighted by Gasteiger charge is 1.99. The van der Waals surface area contributed by atoms with Gasteiger partial charge in [0.05, 0.1) is 12.1 Å². The number of esters is 1. The first-order valence-electron chi connectivity index (χ1n) is 4.47. The van der Waals surface area contributed by atoms with E-state index in [1.54, 1.807) is 18.2 Å². The number of carbonyl (C=O) groups is 2. The number of hydrogen-bond donors (Lipinski definition) is 0. The maximum Gasteiger partial charge on any atom is 0.317 e. The Hall–Kier alpha value is -1.79. The van der Waals surface area contributed by atoms with Crippen LogP contribution in [-0.4, -0.2) is 19.4 Å². The van der Waals surface area contributed by atoms with Gasteiger partial charge < -0.3 is 4.74 Å². The van der Waals surface area contributed by atoms with E-state index in [0.717, 1.165) is 0 Å². The third kappa shape index (κ3) is 3.41. The van der Waals surface area contributed by atoms with Crippen LogP contribution in [0.2, 0.25) is 5.02 Å². The predicted molar refractivity (Wildman–Crippen MR) is 60.4 cm³/mol. The van der Waals surface area contributed by atoms with Crippen LogP contribution in [0.3, 0.4) is 0 Å². The molecule has 0 fully saturated rings. The van der Waals surface area contributed by atoms with Crippen LogP contribution in [0, 0.1) is 11.8 Å². The largest absolute Gasteiger partial charge is 0.468 e. The topological polar surface area (TPSA) is 43.4 Å². The summed E-state index contributed by atoms with van der Waals surface area (Å²) in [6.07, 6.45) is 0.706. The standard InChI is InChI=1S/C12H9ClO3/c1-16-12(15)4-2-3-9-5-6-10(8-14)11(13)7-9/h5-8H,4H2,1H3. The van der Waals surface area contributed by atoms with E-state index in [1.165, 1.54) is 7.11 Å². The van der Waals surface area contributed by atoms with Crippen molar-refractivity contribution in [3.05, 3.63) is 34.3 Å². The molecule has 0 aliphatic carbocycles. The number of aldehydes is 1. The van der Waals surface area contributed by atoms with Crippen molar-refractivity contribution >= 4 is 23.9 Å². The zero-order chi connectivity index (χ0) is 12.0. The molecule has 0 unspecified atom stereocenters. The Morgan fingerprint density at radius 2 is 2.31 bits per heavy atom. The van der Waals surface area contributed by atoms with Gasteiger partial charge in [-0.15, -0.1) is 0 Å². The predicted octanol–water partition coefficient (Wildman–Crippen LogP) is 2.07. The minimum atomic E-state index is -0.386. The van der Waals surface area contributed by atoms with Crippen LogP contribution in [0.25, 0.3) is 0 Å². The van der Waals surface area contributed by atoms with Crippen molar-refractivity contribution in [2.75, 3.05) is 7.11 Å². The molecule has 0 aliphatic rings. The van der Waals surface area contributed by atoms with Gasteiger partial charge in [-0.2, -0.15) is 0 Å². The second-order valence-corrected chi connectivity index (χ2v) is 3.32. The van der Waals surface area contributed by atoms with Gasteiger partial charge in [-0.25, -0.2) is 0 Å². The molecule has 0 radical (unpaired) electrons. The highest BCUT2D eigenvalue weighted by molar-refractivity contribution is 6.33. The molecule has 82 valence electrons. The molecule has 0 N–H and O–H groups in total. The number of hydrogen-bond acceptors (Lipinski definition) is 3. The molecule has 4 heteroatoms. The number of ether oxygens (including phenoxy) is 1. The van der Waals surface area contributed by atoms with Gasteiger partial charge >= 0.3 is 5.97 Å². The maximum atomic E-state index is 10.8. The molecule has 1 aromatic rings. The quantitative estimate of drug-likeness (QED) is 0.449. The Kier molecular flexibility index (Phi) is 4.56. The van der Waals surface area contributed by atoms with Crippen molar-refractivity contribution < 1.29 is 14.3 Å². The van der Waals surface area contributed by atoms with Crippen molar-refractivity contribution in [1.29, 1.82) is 0 Å². The van der Waals surface area contributed by atoms with Crippen LogP contribution in [0.5, 0.6) is 0 Å². The zero-order valence-electron chi connectivity index (χ0n) is 8.62. The summed E-state index contributed by atoms with van der Waals surface area (Å²) in [4.78, 5) is 21.3. The summed E-state index contributed by atoms with van der Waals surface area (Å²) in [6.45, 7) is 0. The minimum absolute atomic E-state index is 0.0313. The third-order valence-corrected chi connectivity index (χ3v) is 2.15. The summed E-state index contributed by atoms with van der Waals surface area (Å²) in [5.74, 6) is 5.01. The highest BCUT2D eigenvalue weighted by Crippen LogP contribution is 2.15. The monoisotopic (exact) mass is 236 g/mol. The number of benzene rings is 1. The van der Waals surface area contributed by atoms with Crippen LogP contribution >= 0.6 is 11.6 Å². The molecule has 0 aromatic heterocycles. The fourth-order valence-electron chi connectivity index (χ4n) is 0.991. The summed E-state index contributed by atoms with van der Waals surface area (Å²) in [6, 6.07) is 4.83. The van der Waals surface area contributed by atoms with Crippen molar-refractivity contribution in [1.82, 2.24) is 0 Å². The first-order chi connectivity index (χ1) is 7.67. The Labute approximate surface area is 98.4 Å². The Morgan fingerprint density at radius 3 is 2.88 bits per heavy atom. The first kappa shape index (κ1) is 12.3. The molecule has 1 aromatic carbocycles. The number of carbonyl (C=O) groups excluding carboxylic acids is 2. The van der Waals surface area contributed by atoms with Crippen molar-refractivity contribution in [2.24, 2.45) is 0 Å². The SMILES string of the molecule is COC(=O)CC#Cc1ccc(C=O)c(Cl)c1. The second-order valence-electron chi connectivity index (χ2n) is 2.91. The Morgan fingerprint density at radius 1 is 1.56 bits per heavy atom. The summed E-state index contributed by atoms with van der Waals surface area (Å²) in [7, 11) is 1.31. The fraction of sp³-hybridized carbons (Fsp3) is 0.167. The fourth-order valence-corrected chi connectivity index (χ4v) is 1.22. The molecule has 0 heterocycles. The lowest BCUT2D eigenvalue weighted by Crippen LogP contribution is -1.97. The van der Waals surface area contributed by atoms with Crippen LogP contribution in [-0.2, 0) is 9.53 Å². The molecule has 0 saturated heterocycles. The highest BCUT2D eigenvalue weighted by atomic mass is 35.5. The first-order valence-corrected chi connectivity index (χ1v) is 4.85. The summed E-state index contributed by atoms with van der Waals surface area (Å²) >= 11 is 5.81. The smallest absolute Gasteiger partial charge is 0.317 e. The molecule has 1 rings (SSSR count). The van der Waals surface area contributed by atoms with Gasteiger partial charge in [0.1, 0.15) is 6.42 Å². The van der Waals surface area contributed by atoms with E-state index in [2.05, 4.69) is 16.6 Å². The van der Waals surface area contributed by atoms with E-state index in [9.17, 15) is 9.59 Å². The van der Waals surface area contributed by atoms with Crippen LogP contribution < -0.4 is 0 Å². The van der Waals surface area contributed by atoms with Crippen molar-refractivity contribution in [3.63, 3.8) is 0 Å². The molecule has 0 spiro atoms. The van der Waals surface area contributed by atoms with Gasteiger partial charge in [-0.1, -0.05) is 23.4 Å². The van der Waals surface area contributed by atoms with Gasteiger partial charge in [0.25, 0.3) is 0 Å². The molecular weight excluding hydrogens is 228 g/mol. The lowest BCUT2D eigenvalue weighted by Gasteiger charge is -1.96. The second kappa shape index (κ2) is 5.94. The molecule has 16 heavy (non-hydrogen) atoms. The van der Waals surface area contributed by atoms with E-state index in [-0.39, 0.29) is 12.4 Å². The number of halogens is 1. The average molecular weight is 237 g/mol. The van der Waals surface area contributed by atoms with Gasteiger partial charge in [-0.3, -0.25) is 9.59 Å². The lowest BCUT2D eigenvalue weighted by atomic mass is 10.1. The molecule has 3 nitrogen and oxygen atoms in total. The van der Waals surface area contributed by atoms with E-state index < -0.39 is 0 Å². The maximum absolute atomic E-state index is 10.8. The van der Waals surface area contributed by atoms with E-state index in [1.807, 2.05) is 0 Å². The Bertz CT molecular complexity index is 469. The van der Waals surface area contributed by atoms with Gasteiger partial charge in [0, 0.05) is 11.1 Å². The lowest BCUT2D eigenvalue weighted by molar-refractivity contribution is -0.139. The Balaban J connectivity index is 2.78. The van der Waals surface area contributed by atoms with Crippen LogP contribution in [0.4, 0.5) is 0 Å². The van der Waals surface area contributed by atoms with Crippen molar-refractivity contribution in [3.8, 4) is 11.8 Å². The minimum Gasteiger partial charge on any atom is -0.468 e. The third-order valence-electron chi connectivity index (χ3n) is 1.82.